The Kier molecular flexibility index (Phi) is 6.14. The minimum Gasteiger partial charge on any atom is -0.489 e. The van der Waals surface area contributed by atoms with Crippen molar-refractivity contribution in [3.05, 3.63) is 70.9 Å². The topological polar surface area (TPSA) is 59.1 Å². The van der Waals surface area contributed by atoms with Crippen LogP contribution in [0, 0.1) is 6.92 Å². The number of aromatic nitrogens is 2. The van der Waals surface area contributed by atoms with Gasteiger partial charge in [-0.25, -0.2) is 4.98 Å². The number of hydrogen-bond acceptors (Lipinski definition) is 5. The Labute approximate surface area is 164 Å². The van der Waals surface area contributed by atoms with E-state index in [9.17, 15) is 0 Å². The lowest BCUT2D eigenvalue weighted by atomic mass is 10.2. The van der Waals surface area contributed by atoms with Crippen molar-refractivity contribution in [3.8, 4) is 5.75 Å². The van der Waals surface area contributed by atoms with Crippen molar-refractivity contribution in [3.63, 3.8) is 0 Å². The van der Waals surface area contributed by atoms with Gasteiger partial charge in [-0.2, -0.15) is 4.98 Å². The van der Waals surface area contributed by atoms with Crippen LogP contribution in [0.2, 0.25) is 5.02 Å². The van der Waals surface area contributed by atoms with Crippen molar-refractivity contribution in [1.82, 2.24) is 9.97 Å². The average molecular weight is 383 g/mol. The molecule has 1 heterocycles. The Morgan fingerprint density at radius 2 is 1.78 bits per heavy atom. The fourth-order valence-corrected chi connectivity index (χ4v) is 2.68. The van der Waals surface area contributed by atoms with Crippen LogP contribution in [0.15, 0.2) is 54.6 Å². The molecule has 0 unspecified atom stereocenters. The second-order valence-electron chi connectivity index (χ2n) is 6.49. The Balaban J connectivity index is 1.74. The van der Waals surface area contributed by atoms with E-state index in [-0.39, 0.29) is 6.10 Å². The first-order valence-electron chi connectivity index (χ1n) is 8.86. The highest BCUT2D eigenvalue weighted by molar-refractivity contribution is 6.30. The molecule has 0 radical (unpaired) electrons. The van der Waals surface area contributed by atoms with Gasteiger partial charge in [-0.3, -0.25) is 0 Å². The third-order valence-electron chi connectivity index (χ3n) is 3.74. The second kappa shape index (κ2) is 8.73. The summed E-state index contributed by atoms with van der Waals surface area (Å²) in [4.78, 5) is 9.05. The van der Waals surface area contributed by atoms with Gasteiger partial charge in [0.05, 0.1) is 11.8 Å². The quantitative estimate of drug-likeness (QED) is 0.558. The average Bonchev–Trinajstić information content (AvgIpc) is 2.62. The van der Waals surface area contributed by atoms with E-state index >= 15 is 0 Å². The first-order valence-corrected chi connectivity index (χ1v) is 9.24. The number of ether oxygens (including phenoxy) is 1. The zero-order valence-corrected chi connectivity index (χ0v) is 16.4. The Hall–Kier alpha value is -2.79. The van der Waals surface area contributed by atoms with Gasteiger partial charge in [-0.05, 0) is 50.6 Å². The molecule has 0 aliphatic heterocycles. The van der Waals surface area contributed by atoms with Gasteiger partial charge in [0.25, 0.3) is 0 Å². The minimum atomic E-state index is 0.0861. The molecule has 27 heavy (non-hydrogen) atoms. The summed E-state index contributed by atoms with van der Waals surface area (Å²) in [5.74, 6) is 2.05. The maximum absolute atomic E-state index is 5.93. The van der Waals surface area contributed by atoms with Crippen molar-refractivity contribution in [2.75, 3.05) is 10.6 Å². The normalized spacial score (nSPS) is 10.7. The van der Waals surface area contributed by atoms with Gasteiger partial charge in [0.2, 0.25) is 5.95 Å². The molecule has 2 aromatic carbocycles. The molecule has 6 heteroatoms. The number of hydrogen-bond donors (Lipinski definition) is 2. The predicted octanol–water partition coefficient (Wildman–Crippen LogP) is 5.58. The zero-order chi connectivity index (χ0) is 19.2. The van der Waals surface area contributed by atoms with Crippen molar-refractivity contribution >= 4 is 29.1 Å². The molecule has 0 fully saturated rings. The second-order valence-corrected chi connectivity index (χ2v) is 6.92. The van der Waals surface area contributed by atoms with Gasteiger partial charge in [-0.1, -0.05) is 35.9 Å². The van der Waals surface area contributed by atoms with Crippen LogP contribution in [-0.4, -0.2) is 16.1 Å². The van der Waals surface area contributed by atoms with Crippen molar-refractivity contribution in [2.45, 2.75) is 33.4 Å². The van der Waals surface area contributed by atoms with Crippen molar-refractivity contribution in [2.24, 2.45) is 0 Å². The number of anilines is 3. The van der Waals surface area contributed by atoms with Gasteiger partial charge in [0.1, 0.15) is 11.6 Å². The molecule has 0 saturated carbocycles. The van der Waals surface area contributed by atoms with Gasteiger partial charge in [0.15, 0.2) is 0 Å². The SMILES string of the molecule is Cc1cc(NCc2ccc(Cl)cc2)nc(Nc2ccccc2OC(C)C)n1. The lowest BCUT2D eigenvalue weighted by Crippen LogP contribution is -2.09. The summed E-state index contributed by atoms with van der Waals surface area (Å²) in [5.41, 5.74) is 2.83. The van der Waals surface area contributed by atoms with Crippen molar-refractivity contribution < 1.29 is 4.74 Å². The predicted molar refractivity (Wildman–Crippen MR) is 111 cm³/mol. The first kappa shape index (κ1) is 19.0. The molecule has 0 atom stereocenters. The molecule has 2 N–H and O–H groups in total. The molecule has 140 valence electrons. The van der Waals surface area contributed by atoms with E-state index in [0.717, 1.165) is 33.5 Å². The summed E-state index contributed by atoms with van der Waals surface area (Å²) in [6, 6.07) is 17.4. The van der Waals surface area contributed by atoms with Crippen LogP contribution < -0.4 is 15.4 Å². The van der Waals surface area contributed by atoms with Crippen LogP contribution in [-0.2, 0) is 6.54 Å². The highest BCUT2D eigenvalue weighted by atomic mass is 35.5. The first-order chi connectivity index (χ1) is 13.0. The lowest BCUT2D eigenvalue weighted by Gasteiger charge is -2.15. The molecule has 0 saturated heterocycles. The molecule has 0 amide bonds. The Morgan fingerprint density at radius 1 is 1.04 bits per heavy atom. The maximum Gasteiger partial charge on any atom is 0.229 e. The Morgan fingerprint density at radius 3 is 2.52 bits per heavy atom. The fraction of sp³-hybridized carbons (Fsp3) is 0.238. The highest BCUT2D eigenvalue weighted by Gasteiger charge is 2.08. The molecule has 1 aromatic heterocycles. The molecular weight excluding hydrogens is 360 g/mol. The third kappa shape index (κ3) is 5.59. The van der Waals surface area contributed by atoms with Crippen LogP contribution in [0.4, 0.5) is 17.5 Å². The molecule has 3 rings (SSSR count). The molecule has 0 bridgehead atoms. The van der Waals surface area contributed by atoms with E-state index in [4.69, 9.17) is 16.3 Å². The number of benzene rings is 2. The summed E-state index contributed by atoms with van der Waals surface area (Å²) in [6.07, 6.45) is 0.0861. The number of nitrogens with one attached hydrogen (secondary N) is 2. The Bertz CT molecular complexity index is 897. The fourth-order valence-electron chi connectivity index (χ4n) is 2.56. The van der Waals surface area contributed by atoms with Crippen LogP contribution in [0.5, 0.6) is 5.75 Å². The van der Waals surface area contributed by atoms with Crippen LogP contribution in [0.3, 0.4) is 0 Å². The summed E-state index contributed by atoms with van der Waals surface area (Å²) in [6.45, 7) is 6.59. The molecule has 0 aliphatic rings. The molecule has 3 aromatic rings. The molecule has 5 nitrogen and oxygen atoms in total. The van der Waals surface area contributed by atoms with Crippen molar-refractivity contribution in [1.29, 1.82) is 0 Å². The third-order valence-corrected chi connectivity index (χ3v) is 3.99. The minimum absolute atomic E-state index is 0.0861. The van der Waals surface area contributed by atoms with Crippen LogP contribution >= 0.6 is 11.6 Å². The van der Waals surface area contributed by atoms with Crippen LogP contribution in [0.25, 0.3) is 0 Å². The van der Waals surface area contributed by atoms with E-state index in [1.165, 1.54) is 0 Å². The van der Waals surface area contributed by atoms with Gasteiger partial charge >= 0.3 is 0 Å². The smallest absolute Gasteiger partial charge is 0.229 e. The number of nitrogens with zero attached hydrogens (tertiary/aromatic N) is 2. The largest absolute Gasteiger partial charge is 0.489 e. The summed E-state index contributed by atoms with van der Waals surface area (Å²) in [7, 11) is 0. The van der Waals surface area contributed by atoms with E-state index < -0.39 is 0 Å². The number of aryl methyl sites for hydroxylation is 1. The van der Waals surface area contributed by atoms with Crippen LogP contribution in [0.1, 0.15) is 25.1 Å². The van der Waals surface area contributed by atoms with Gasteiger partial charge < -0.3 is 15.4 Å². The van der Waals surface area contributed by atoms with E-state index in [0.29, 0.717) is 12.5 Å². The standard InChI is InChI=1S/C21H23ClN4O/c1-14(2)27-19-7-5-4-6-18(19)25-21-24-15(3)12-20(26-21)23-13-16-8-10-17(22)11-9-16/h4-12,14H,13H2,1-3H3,(H2,23,24,25,26). The molecule has 0 spiro atoms. The number of rotatable bonds is 7. The van der Waals surface area contributed by atoms with E-state index in [1.807, 2.05) is 75.4 Å². The van der Waals surface area contributed by atoms with E-state index in [1.54, 1.807) is 0 Å². The highest BCUT2D eigenvalue weighted by Crippen LogP contribution is 2.27. The number of para-hydroxylation sites is 2. The number of halogens is 1. The van der Waals surface area contributed by atoms with E-state index in [2.05, 4.69) is 20.6 Å². The molecular formula is C21H23ClN4O. The van der Waals surface area contributed by atoms with Gasteiger partial charge in [0, 0.05) is 23.3 Å². The lowest BCUT2D eigenvalue weighted by molar-refractivity contribution is 0.244. The summed E-state index contributed by atoms with van der Waals surface area (Å²) >= 11 is 5.93. The molecule has 0 aliphatic carbocycles. The summed E-state index contributed by atoms with van der Waals surface area (Å²) < 4.78 is 5.85. The summed E-state index contributed by atoms with van der Waals surface area (Å²) in [5, 5.41) is 7.32. The van der Waals surface area contributed by atoms with Gasteiger partial charge in [-0.15, -0.1) is 0 Å². The maximum atomic E-state index is 5.93. The zero-order valence-electron chi connectivity index (χ0n) is 15.7. The monoisotopic (exact) mass is 382 g/mol.